The number of fused-ring (bicyclic) bond motifs is 1. The Bertz CT molecular complexity index is 663. The Morgan fingerprint density at radius 2 is 1.44 bits per heavy atom. The molecule has 88 valence electrons. The van der Waals surface area contributed by atoms with Crippen LogP contribution < -0.4 is 0 Å². The van der Waals surface area contributed by atoms with Gasteiger partial charge in [-0.3, -0.25) is 0 Å². The molecule has 0 aliphatic heterocycles. The molecule has 0 nitrogen and oxygen atoms in total. The molecule has 0 heterocycles. The maximum Gasteiger partial charge on any atom is 0.115 e. The average Bonchev–Trinajstić information content (AvgIpc) is 2.47. The standard InChI is InChI=1S/C17H13F/c18-12-13-8-10-15(11-9-13)17-7-3-5-14-4-1-2-6-16(14)17/h1-11H,12H2. The van der Waals surface area contributed by atoms with E-state index in [1.165, 1.54) is 16.3 Å². The van der Waals surface area contributed by atoms with Crippen LogP contribution in [0.25, 0.3) is 21.9 Å². The fourth-order valence-corrected chi connectivity index (χ4v) is 2.25. The monoisotopic (exact) mass is 236 g/mol. The zero-order valence-corrected chi connectivity index (χ0v) is 9.94. The third-order valence-corrected chi connectivity index (χ3v) is 3.21. The van der Waals surface area contributed by atoms with Crippen LogP contribution in [0.1, 0.15) is 5.56 Å². The Morgan fingerprint density at radius 1 is 0.722 bits per heavy atom. The van der Waals surface area contributed by atoms with Gasteiger partial charge in [-0.05, 0) is 27.5 Å². The lowest BCUT2D eigenvalue weighted by Gasteiger charge is -2.07. The predicted octanol–water partition coefficient (Wildman–Crippen LogP) is 4.98. The van der Waals surface area contributed by atoms with Gasteiger partial charge in [-0.15, -0.1) is 0 Å². The lowest BCUT2D eigenvalue weighted by molar-refractivity contribution is 0.485. The van der Waals surface area contributed by atoms with E-state index in [0.29, 0.717) is 0 Å². The quantitative estimate of drug-likeness (QED) is 0.589. The molecule has 0 radical (unpaired) electrons. The molecule has 3 rings (SSSR count). The summed E-state index contributed by atoms with van der Waals surface area (Å²) in [5, 5.41) is 2.46. The normalized spacial score (nSPS) is 10.7. The van der Waals surface area contributed by atoms with Crippen LogP contribution in [0.4, 0.5) is 4.39 Å². The van der Waals surface area contributed by atoms with E-state index < -0.39 is 6.67 Å². The maximum absolute atomic E-state index is 12.5. The number of halogens is 1. The molecule has 18 heavy (non-hydrogen) atoms. The summed E-state index contributed by atoms with van der Waals surface area (Å²) >= 11 is 0. The molecule has 1 heteroatoms. The predicted molar refractivity (Wildman–Crippen MR) is 74.2 cm³/mol. The van der Waals surface area contributed by atoms with Crippen LogP contribution in [0.15, 0.2) is 66.7 Å². The highest BCUT2D eigenvalue weighted by Crippen LogP contribution is 2.28. The van der Waals surface area contributed by atoms with Gasteiger partial charge in [0, 0.05) is 0 Å². The van der Waals surface area contributed by atoms with E-state index in [0.717, 1.165) is 11.1 Å². The highest BCUT2D eigenvalue weighted by Gasteiger charge is 2.02. The molecule has 0 fully saturated rings. The van der Waals surface area contributed by atoms with Crippen LogP contribution in [-0.4, -0.2) is 0 Å². The van der Waals surface area contributed by atoms with Gasteiger partial charge in [-0.2, -0.15) is 0 Å². The highest BCUT2D eigenvalue weighted by molar-refractivity contribution is 5.96. The van der Waals surface area contributed by atoms with Crippen molar-refractivity contribution >= 4 is 10.8 Å². The van der Waals surface area contributed by atoms with Crippen molar-refractivity contribution in [3.05, 3.63) is 72.3 Å². The number of hydrogen-bond acceptors (Lipinski definition) is 0. The first-order valence-electron chi connectivity index (χ1n) is 6.01. The third kappa shape index (κ3) is 1.88. The first-order chi connectivity index (χ1) is 8.88. The Labute approximate surface area is 106 Å². The van der Waals surface area contributed by atoms with Crippen LogP contribution in [0.5, 0.6) is 0 Å². The first-order valence-corrected chi connectivity index (χ1v) is 6.01. The summed E-state index contributed by atoms with van der Waals surface area (Å²) in [7, 11) is 0. The van der Waals surface area contributed by atoms with Crippen LogP contribution >= 0.6 is 0 Å². The third-order valence-electron chi connectivity index (χ3n) is 3.21. The van der Waals surface area contributed by atoms with Crippen molar-refractivity contribution in [2.24, 2.45) is 0 Å². The minimum absolute atomic E-state index is 0.407. The van der Waals surface area contributed by atoms with Crippen LogP contribution in [0.3, 0.4) is 0 Å². The molecule has 0 aliphatic carbocycles. The van der Waals surface area contributed by atoms with Crippen LogP contribution in [0, 0.1) is 0 Å². The van der Waals surface area contributed by atoms with Crippen molar-refractivity contribution in [3.63, 3.8) is 0 Å². The summed E-state index contributed by atoms with van der Waals surface area (Å²) < 4.78 is 12.5. The summed E-state index contributed by atoms with van der Waals surface area (Å²) in [6, 6.07) is 22.2. The van der Waals surface area contributed by atoms with Gasteiger partial charge >= 0.3 is 0 Å². The summed E-state index contributed by atoms with van der Waals surface area (Å²) in [5.74, 6) is 0. The lowest BCUT2D eigenvalue weighted by atomic mass is 9.98. The second-order valence-corrected chi connectivity index (χ2v) is 4.36. The molecule has 0 aromatic heterocycles. The van der Waals surface area contributed by atoms with E-state index in [2.05, 4.69) is 30.3 Å². The lowest BCUT2D eigenvalue weighted by Crippen LogP contribution is -1.83. The molecule has 0 saturated carbocycles. The topological polar surface area (TPSA) is 0 Å². The van der Waals surface area contributed by atoms with E-state index in [9.17, 15) is 4.39 Å². The van der Waals surface area contributed by atoms with E-state index in [1.807, 2.05) is 36.4 Å². The molecular formula is C17H13F. The van der Waals surface area contributed by atoms with Crippen molar-refractivity contribution in [1.29, 1.82) is 0 Å². The van der Waals surface area contributed by atoms with Crippen molar-refractivity contribution in [2.45, 2.75) is 6.67 Å². The fourth-order valence-electron chi connectivity index (χ4n) is 2.25. The molecular weight excluding hydrogens is 223 g/mol. The van der Waals surface area contributed by atoms with Gasteiger partial charge < -0.3 is 0 Å². The number of benzene rings is 3. The van der Waals surface area contributed by atoms with Gasteiger partial charge in [0.25, 0.3) is 0 Å². The first kappa shape index (κ1) is 11.0. The minimum atomic E-state index is -0.407. The second-order valence-electron chi connectivity index (χ2n) is 4.36. The summed E-state index contributed by atoms with van der Waals surface area (Å²) in [6.45, 7) is -0.407. The number of rotatable bonds is 2. The summed E-state index contributed by atoms with van der Waals surface area (Å²) in [4.78, 5) is 0. The van der Waals surface area contributed by atoms with E-state index in [1.54, 1.807) is 0 Å². The van der Waals surface area contributed by atoms with Gasteiger partial charge in [0.2, 0.25) is 0 Å². The fraction of sp³-hybridized carbons (Fsp3) is 0.0588. The van der Waals surface area contributed by atoms with Crippen molar-refractivity contribution in [1.82, 2.24) is 0 Å². The molecule has 0 saturated heterocycles. The van der Waals surface area contributed by atoms with Crippen molar-refractivity contribution < 1.29 is 4.39 Å². The zero-order chi connectivity index (χ0) is 12.4. The number of hydrogen-bond donors (Lipinski definition) is 0. The smallest absolute Gasteiger partial charge is 0.115 e. The zero-order valence-electron chi connectivity index (χ0n) is 9.94. The SMILES string of the molecule is FCc1ccc(-c2cccc3ccccc23)cc1. The summed E-state index contributed by atoms with van der Waals surface area (Å²) in [6.07, 6.45) is 0. The molecule has 0 bridgehead atoms. The number of alkyl halides is 1. The van der Waals surface area contributed by atoms with Crippen molar-refractivity contribution in [2.75, 3.05) is 0 Å². The average molecular weight is 236 g/mol. The van der Waals surface area contributed by atoms with Gasteiger partial charge in [0.1, 0.15) is 6.67 Å². The molecule has 0 aliphatic rings. The molecule has 0 atom stereocenters. The second kappa shape index (κ2) is 4.61. The Kier molecular flexibility index (Phi) is 2.81. The molecule has 0 spiro atoms. The molecule has 3 aromatic carbocycles. The van der Waals surface area contributed by atoms with Crippen LogP contribution in [0.2, 0.25) is 0 Å². The molecule has 0 N–H and O–H groups in total. The summed E-state index contributed by atoms with van der Waals surface area (Å²) in [5.41, 5.74) is 3.04. The van der Waals surface area contributed by atoms with Gasteiger partial charge in [-0.25, -0.2) is 4.39 Å². The van der Waals surface area contributed by atoms with Gasteiger partial charge in [0.05, 0.1) is 0 Å². The Morgan fingerprint density at radius 3 is 2.22 bits per heavy atom. The Hall–Kier alpha value is -2.15. The van der Waals surface area contributed by atoms with Crippen LogP contribution in [-0.2, 0) is 6.67 Å². The van der Waals surface area contributed by atoms with E-state index >= 15 is 0 Å². The molecule has 3 aromatic rings. The minimum Gasteiger partial charge on any atom is -0.246 e. The Balaban J connectivity index is 2.18. The van der Waals surface area contributed by atoms with Crippen molar-refractivity contribution in [3.8, 4) is 11.1 Å². The molecule has 0 amide bonds. The largest absolute Gasteiger partial charge is 0.246 e. The van der Waals surface area contributed by atoms with Gasteiger partial charge in [-0.1, -0.05) is 66.7 Å². The van der Waals surface area contributed by atoms with Gasteiger partial charge in [0.15, 0.2) is 0 Å². The molecule has 0 unspecified atom stereocenters. The van der Waals surface area contributed by atoms with E-state index in [-0.39, 0.29) is 0 Å². The maximum atomic E-state index is 12.5. The highest BCUT2D eigenvalue weighted by atomic mass is 19.1. The van der Waals surface area contributed by atoms with E-state index in [4.69, 9.17) is 0 Å².